The molecule has 5 heteroatoms. The zero-order chi connectivity index (χ0) is 14.4. The molecule has 0 aliphatic carbocycles. The van der Waals surface area contributed by atoms with Gasteiger partial charge in [0.15, 0.2) is 0 Å². The van der Waals surface area contributed by atoms with Crippen molar-refractivity contribution in [3.8, 4) is 0 Å². The number of hydrogen-bond donors (Lipinski definition) is 3. The highest BCUT2D eigenvalue weighted by molar-refractivity contribution is 5.22. The van der Waals surface area contributed by atoms with Gasteiger partial charge in [0.05, 0.1) is 6.61 Å². The van der Waals surface area contributed by atoms with E-state index in [0.717, 1.165) is 25.3 Å². The molecule has 0 aliphatic heterocycles. The number of aliphatic hydroxyl groups excluding tert-OH is 2. The van der Waals surface area contributed by atoms with E-state index in [0.29, 0.717) is 13.0 Å². The van der Waals surface area contributed by atoms with Crippen LogP contribution in [-0.4, -0.2) is 44.3 Å². The van der Waals surface area contributed by atoms with Crippen molar-refractivity contribution in [3.63, 3.8) is 0 Å². The van der Waals surface area contributed by atoms with Crippen LogP contribution in [-0.2, 0) is 17.8 Å². The highest BCUT2D eigenvalue weighted by Crippen LogP contribution is 2.07. The van der Waals surface area contributed by atoms with Crippen LogP contribution in [0.3, 0.4) is 0 Å². The Labute approximate surface area is 108 Å². The zero-order valence-electron chi connectivity index (χ0n) is 11.3. The second-order valence-corrected chi connectivity index (χ2v) is 3.37. The summed E-state index contributed by atoms with van der Waals surface area (Å²) in [7, 11) is 3.66. The number of ether oxygens (including phenoxy) is 1. The van der Waals surface area contributed by atoms with Gasteiger partial charge in [-0.3, -0.25) is 0 Å². The lowest BCUT2D eigenvalue weighted by Crippen LogP contribution is -2.24. The molecule has 1 aromatic carbocycles. The van der Waals surface area contributed by atoms with Crippen molar-refractivity contribution in [3.05, 3.63) is 35.4 Å². The molecule has 0 radical (unpaired) electrons. The van der Waals surface area contributed by atoms with Crippen LogP contribution in [0.25, 0.3) is 0 Å². The molecule has 0 spiro atoms. The molecule has 1 aromatic rings. The minimum Gasteiger partial charge on any atom is -0.400 e. The summed E-state index contributed by atoms with van der Waals surface area (Å²) in [6, 6.07) is 7.49. The van der Waals surface area contributed by atoms with E-state index in [1.165, 1.54) is 0 Å². The third-order valence-corrected chi connectivity index (χ3v) is 2.03. The number of methoxy groups -OCH3 is 1. The Kier molecular flexibility index (Phi) is 15.1. The number of nitrogens with two attached hydrogens (primary N) is 1. The highest BCUT2D eigenvalue weighted by Gasteiger charge is 2.02. The molecule has 0 bridgehead atoms. The smallest absolute Gasteiger partial charge is 0.105 e. The molecule has 0 amide bonds. The van der Waals surface area contributed by atoms with Crippen LogP contribution in [0.4, 0.5) is 4.39 Å². The third kappa shape index (κ3) is 9.07. The molecule has 18 heavy (non-hydrogen) atoms. The van der Waals surface area contributed by atoms with Crippen LogP contribution in [0.15, 0.2) is 24.3 Å². The van der Waals surface area contributed by atoms with E-state index in [1.807, 2.05) is 24.3 Å². The maximum absolute atomic E-state index is 12.1. The highest BCUT2D eigenvalue weighted by atomic mass is 19.1. The predicted molar refractivity (Wildman–Crippen MR) is 71.1 cm³/mol. The Hall–Kier alpha value is -1.01. The Morgan fingerprint density at radius 2 is 1.56 bits per heavy atom. The third-order valence-electron chi connectivity index (χ3n) is 2.03. The molecule has 4 nitrogen and oxygen atoms in total. The first-order valence-electron chi connectivity index (χ1n) is 5.54. The standard InChI is InChI=1S/C11H16FNO.2CH4O/c1-14-8-10-4-2-9(3-5-10)6-11(13)7-12;2*1-2/h2-5,11H,6-8,13H2,1H3;2*2H,1H3. The molecular weight excluding hydrogens is 237 g/mol. The van der Waals surface area contributed by atoms with Crippen LogP contribution < -0.4 is 5.73 Å². The van der Waals surface area contributed by atoms with Gasteiger partial charge in [-0.25, -0.2) is 4.39 Å². The van der Waals surface area contributed by atoms with Crippen LogP contribution in [0.5, 0.6) is 0 Å². The first kappa shape index (κ1) is 19.3. The van der Waals surface area contributed by atoms with Gasteiger partial charge >= 0.3 is 0 Å². The van der Waals surface area contributed by atoms with Crippen molar-refractivity contribution in [2.75, 3.05) is 28.0 Å². The maximum atomic E-state index is 12.1. The van der Waals surface area contributed by atoms with Crippen molar-refractivity contribution in [2.45, 2.75) is 19.1 Å². The van der Waals surface area contributed by atoms with E-state index in [-0.39, 0.29) is 6.04 Å². The van der Waals surface area contributed by atoms with Crippen molar-refractivity contribution in [1.82, 2.24) is 0 Å². The van der Waals surface area contributed by atoms with Crippen LogP contribution in [0.1, 0.15) is 11.1 Å². The lowest BCUT2D eigenvalue weighted by Gasteiger charge is -2.07. The van der Waals surface area contributed by atoms with Crippen molar-refractivity contribution in [1.29, 1.82) is 0 Å². The van der Waals surface area contributed by atoms with E-state index in [4.69, 9.17) is 20.7 Å². The maximum Gasteiger partial charge on any atom is 0.105 e. The number of hydrogen-bond acceptors (Lipinski definition) is 4. The van der Waals surface area contributed by atoms with Crippen molar-refractivity contribution >= 4 is 0 Å². The number of aliphatic hydroxyl groups is 2. The molecule has 0 aliphatic rings. The molecule has 0 heterocycles. The van der Waals surface area contributed by atoms with Crippen molar-refractivity contribution < 1.29 is 19.3 Å². The zero-order valence-corrected chi connectivity index (χ0v) is 11.3. The van der Waals surface area contributed by atoms with Gasteiger partial charge in [-0.15, -0.1) is 0 Å². The van der Waals surface area contributed by atoms with Gasteiger partial charge in [-0.05, 0) is 17.5 Å². The number of alkyl halides is 1. The Morgan fingerprint density at radius 3 is 1.94 bits per heavy atom. The number of benzene rings is 1. The summed E-state index contributed by atoms with van der Waals surface area (Å²) >= 11 is 0. The van der Waals surface area contributed by atoms with Crippen LogP contribution in [0.2, 0.25) is 0 Å². The fourth-order valence-corrected chi connectivity index (χ4v) is 1.30. The fourth-order valence-electron chi connectivity index (χ4n) is 1.30. The largest absolute Gasteiger partial charge is 0.400 e. The fraction of sp³-hybridized carbons (Fsp3) is 0.538. The molecule has 0 saturated heterocycles. The summed E-state index contributed by atoms with van der Waals surface area (Å²) in [5.41, 5.74) is 7.68. The Bertz CT molecular complexity index is 267. The quantitative estimate of drug-likeness (QED) is 0.736. The molecule has 1 unspecified atom stereocenters. The first-order chi connectivity index (χ1) is 8.76. The molecule has 0 fully saturated rings. The number of rotatable bonds is 5. The van der Waals surface area contributed by atoms with Gasteiger partial charge in [0, 0.05) is 27.4 Å². The molecule has 0 aromatic heterocycles. The van der Waals surface area contributed by atoms with Gasteiger partial charge < -0.3 is 20.7 Å². The van der Waals surface area contributed by atoms with E-state index < -0.39 is 6.67 Å². The molecule has 0 saturated carbocycles. The van der Waals surface area contributed by atoms with Crippen LogP contribution >= 0.6 is 0 Å². The van der Waals surface area contributed by atoms with Gasteiger partial charge in [0.25, 0.3) is 0 Å². The lowest BCUT2D eigenvalue weighted by molar-refractivity contribution is 0.185. The van der Waals surface area contributed by atoms with Gasteiger partial charge in [0.2, 0.25) is 0 Å². The molecular formula is C13H24FNO3. The van der Waals surface area contributed by atoms with Gasteiger partial charge in [0.1, 0.15) is 6.67 Å². The minimum absolute atomic E-state index is 0.386. The van der Waals surface area contributed by atoms with Gasteiger partial charge in [-0.1, -0.05) is 24.3 Å². The summed E-state index contributed by atoms with van der Waals surface area (Å²) < 4.78 is 17.1. The number of halogens is 1. The van der Waals surface area contributed by atoms with Gasteiger partial charge in [-0.2, -0.15) is 0 Å². The average molecular weight is 261 g/mol. The summed E-state index contributed by atoms with van der Waals surface area (Å²) in [4.78, 5) is 0. The van der Waals surface area contributed by atoms with Crippen molar-refractivity contribution in [2.24, 2.45) is 5.73 Å². The average Bonchev–Trinajstić information content (AvgIpc) is 2.45. The molecule has 1 atom stereocenters. The summed E-state index contributed by atoms with van der Waals surface area (Å²) in [5, 5.41) is 14.0. The van der Waals surface area contributed by atoms with E-state index in [9.17, 15) is 4.39 Å². The monoisotopic (exact) mass is 261 g/mol. The lowest BCUT2D eigenvalue weighted by atomic mass is 10.1. The second kappa shape index (κ2) is 14.1. The molecule has 4 N–H and O–H groups in total. The summed E-state index contributed by atoms with van der Waals surface area (Å²) in [5.74, 6) is 0. The van der Waals surface area contributed by atoms with E-state index in [2.05, 4.69) is 0 Å². The Balaban J connectivity index is 0. The SMILES string of the molecule is CO.CO.COCc1ccc(CC(N)CF)cc1. The van der Waals surface area contributed by atoms with Crippen LogP contribution in [0, 0.1) is 0 Å². The Morgan fingerprint density at radius 1 is 1.11 bits per heavy atom. The first-order valence-corrected chi connectivity index (χ1v) is 5.54. The summed E-state index contributed by atoms with van der Waals surface area (Å²) in [6.07, 6.45) is 0.587. The van der Waals surface area contributed by atoms with E-state index >= 15 is 0 Å². The van der Waals surface area contributed by atoms with E-state index in [1.54, 1.807) is 7.11 Å². The molecule has 1 rings (SSSR count). The predicted octanol–water partition coefficient (Wildman–Crippen LogP) is 0.889. The second-order valence-electron chi connectivity index (χ2n) is 3.37. The summed E-state index contributed by atoms with van der Waals surface area (Å²) in [6.45, 7) is 0.134. The minimum atomic E-state index is -0.472. The normalized spacial score (nSPS) is 10.6. The topological polar surface area (TPSA) is 75.7 Å². The molecule has 106 valence electrons.